The van der Waals surface area contributed by atoms with E-state index in [2.05, 4.69) is 21.6 Å². The smallest absolute Gasteiger partial charge is 0.231 e. The molecule has 0 radical (unpaired) electrons. The second-order valence-electron chi connectivity index (χ2n) is 6.47. The second kappa shape index (κ2) is 8.84. The maximum absolute atomic E-state index is 12.2. The molecule has 0 spiro atoms. The first-order chi connectivity index (χ1) is 13.5. The molecule has 2 aromatic rings. The molecule has 1 saturated carbocycles. The third-order valence-electron chi connectivity index (χ3n) is 4.53. The summed E-state index contributed by atoms with van der Waals surface area (Å²) >= 11 is 1.16. The van der Waals surface area contributed by atoms with E-state index >= 15 is 0 Å². The van der Waals surface area contributed by atoms with E-state index in [1.807, 2.05) is 12.1 Å². The molecule has 0 saturated heterocycles. The molecule has 1 amide bonds. The number of amides is 1. The van der Waals surface area contributed by atoms with Crippen LogP contribution in [0.3, 0.4) is 0 Å². The Morgan fingerprint density at radius 1 is 1.39 bits per heavy atom. The van der Waals surface area contributed by atoms with Gasteiger partial charge in [-0.15, -0.1) is 10.2 Å². The van der Waals surface area contributed by atoms with Crippen molar-refractivity contribution in [2.75, 3.05) is 18.7 Å². The van der Waals surface area contributed by atoms with E-state index in [4.69, 9.17) is 15.3 Å². The number of carbonyl (C=O) groups excluding carboxylic acids is 1. The molecule has 1 heterocycles. The van der Waals surface area contributed by atoms with E-state index in [-0.39, 0.29) is 18.3 Å². The van der Waals surface area contributed by atoms with Gasteiger partial charge in [0, 0.05) is 6.07 Å². The SMILES string of the molecule is COc1cccc(OCc2nnc(SCC(=O)NC3(C#N)CCCC3)n2N)c1. The highest BCUT2D eigenvalue weighted by Gasteiger charge is 2.35. The molecule has 1 aromatic heterocycles. The van der Waals surface area contributed by atoms with Crippen LogP contribution in [0, 0.1) is 11.3 Å². The van der Waals surface area contributed by atoms with Crippen LogP contribution in [0.2, 0.25) is 0 Å². The third-order valence-corrected chi connectivity index (χ3v) is 5.47. The topological polar surface area (TPSA) is 128 Å². The number of benzene rings is 1. The minimum atomic E-state index is -0.732. The standard InChI is InChI=1S/C18H22N6O3S/c1-26-13-5-4-6-14(9-13)27-10-15-22-23-17(24(15)20)28-11-16(25)21-18(12-19)7-2-3-8-18/h4-6,9H,2-3,7-8,10-11,20H2,1H3,(H,21,25). The Morgan fingerprint density at radius 2 is 2.14 bits per heavy atom. The first-order valence-corrected chi connectivity index (χ1v) is 9.85. The number of methoxy groups -OCH3 is 1. The van der Waals surface area contributed by atoms with Crippen molar-refractivity contribution in [2.45, 2.75) is 43.0 Å². The molecular formula is C18H22N6O3S. The molecule has 3 rings (SSSR count). The van der Waals surface area contributed by atoms with Gasteiger partial charge in [-0.25, -0.2) is 4.68 Å². The molecule has 1 aromatic carbocycles. The van der Waals surface area contributed by atoms with Gasteiger partial charge in [-0.05, 0) is 37.8 Å². The zero-order chi connectivity index (χ0) is 20.0. The van der Waals surface area contributed by atoms with Crippen molar-refractivity contribution in [1.82, 2.24) is 20.2 Å². The average Bonchev–Trinajstić information content (AvgIpc) is 3.32. The number of nitrogens with zero attached hydrogens (tertiary/aromatic N) is 4. The maximum atomic E-state index is 12.2. The summed E-state index contributed by atoms with van der Waals surface area (Å²) < 4.78 is 12.1. The van der Waals surface area contributed by atoms with Crippen molar-refractivity contribution >= 4 is 17.7 Å². The summed E-state index contributed by atoms with van der Waals surface area (Å²) in [7, 11) is 1.58. The van der Waals surface area contributed by atoms with E-state index < -0.39 is 5.54 Å². The van der Waals surface area contributed by atoms with Crippen LogP contribution < -0.4 is 20.6 Å². The Hall–Kier alpha value is -2.93. The average molecular weight is 402 g/mol. The maximum Gasteiger partial charge on any atom is 0.231 e. The number of nitrogen functional groups attached to an aromatic ring is 1. The summed E-state index contributed by atoms with van der Waals surface area (Å²) in [5, 5.41) is 20.6. The summed E-state index contributed by atoms with van der Waals surface area (Å²) in [6.07, 6.45) is 3.29. The van der Waals surface area contributed by atoms with Crippen LogP contribution in [0.4, 0.5) is 0 Å². The Labute approximate surface area is 167 Å². The summed E-state index contributed by atoms with van der Waals surface area (Å²) in [5.74, 6) is 7.63. The van der Waals surface area contributed by atoms with Crippen LogP contribution in [0.5, 0.6) is 11.5 Å². The predicted octanol–water partition coefficient (Wildman–Crippen LogP) is 1.62. The molecule has 0 aliphatic heterocycles. The summed E-state index contributed by atoms with van der Waals surface area (Å²) in [6, 6.07) is 9.43. The third kappa shape index (κ3) is 4.67. The predicted molar refractivity (Wildman–Crippen MR) is 103 cm³/mol. The van der Waals surface area contributed by atoms with Gasteiger partial charge in [-0.3, -0.25) is 4.79 Å². The first-order valence-electron chi connectivity index (χ1n) is 8.86. The first kappa shape index (κ1) is 19.8. The molecule has 0 atom stereocenters. The second-order valence-corrected chi connectivity index (χ2v) is 7.42. The van der Waals surface area contributed by atoms with Crippen molar-refractivity contribution in [3.05, 3.63) is 30.1 Å². The van der Waals surface area contributed by atoms with E-state index in [1.54, 1.807) is 19.2 Å². The summed E-state index contributed by atoms with van der Waals surface area (Å²) in [4.78, 5) is 12.2. The van der Waals surface area contributed by atoms with Gasteiger partial charge in [0.2, 0.25) is 11.1 Å². The zero-order valence-electron chi connectivity index (χ0n) is 15.6. The number of carbonyl (C=O) groups is 1. The number of nitrogens with two attached hydrogens (primary N) is 1. The van der Waals surface area contributed by atoms with Crippen LogP contribution in [0.1, 0.15) is 31.5 Å². The molecule has 1 fully saturated rings. The molecule has 10 heteroatoms. The van der Waals surface area contributed by atoms with Crippen LogP contribution >= 0.6 is 11.8 Å². The van der Waals surface area contributed by atoms with Gasteiger partial charge >= 0.3 is 0 Å². The van der Waals surface area contributed by atoms with Crippen LogP contribution in [-0.4, -0.2) is 39.2 Å². The van der Waals surface area contributed by atoms with Crippen LogP contribution in [0.15, 0.2) is 29.4 Å². The van der Waals surface area contributed by atoms with Gasteiger partial charge in [0.05, 0.1) is 18.9 Å². The highest BCUT2D eigenvalue weighted by atomic mass is 32.2. The number of thioether (sulfide) groups is 1. The van der Waals surface area contributed by atoms with Crippen molar-refractivity contribution in [1.29, 1.82) is 5.26 Å². The Balaban J connectivity index is 1.53. The molecule has 0 unspecified atom stereocenters. The number of hydrogen-bond acceptors (Lipinski definition) is 8. The lowest BCUT2D eigenvalue weighted by Crippen LogP contribution is -2.45. The molecule has 9 nitrogen and oxygen atoms in total. The van der Waals surface area contributed by atoms with Gasteiger partial charge in [-0.2, -0.15) is 5.26 Å². The fraction of sp³-hybridized carbons (Fsp3) is 0.444. The van der Waals surface area contributed by atoms with Crippen molar-refractivity contribution in [2.24, 2.45) is 0 Å². The van der Waals surface area contributed by atoms with E-state index in [1.165, 1.54) is 4.68 Å². The van der Waals surface area contributed by atoms with Crippen LogP contribution in [0.25, 0.3) is 0 Å². The van der Waals surface area contributed by atoms with Gasteiger partial charge in [0.25, 0.3) is 0 Å². The fourth-order valence-electron chi connectivity index (χ4n) is 3.02. The number of rotatable bonds is 8. The highest BCUT2D eigenvalue weighted by Crippen LogP contribution is 2.29. The minimum absolute atomic E-state index is 0.107. The molecule has 3 N–H and O–H groups in total. The lowest BCUT2D eigenvalue weighted by atomic mass is 10.0. The number of nitriles is 1. The van der Waals surface area contributed by atoms with Gasteiger partial charge < -0.3 is 20.6 Å². The Kier molecular flexibility index (Phi) is 6.26. The quantitative estimate of drug-likeness (QED) is 0.504. The van der Waals surface area contributed by atoms with Gasteiger partial charge in [0.1, 0.15) is 23.6 Å². The minimum Gasteiger partial charge on any atom is -0.497 e. The normalized spacial score (nSPS) is 15.0. The van der Waals surface area contributed by atoms with E-state index in [9.17, 15) is 10.1 Å². The van der Waals surface area contributed by atoms with E-state index in [0.29, 0.717) is 35.3 Å². The Morgan fingerprint density at radius 3 is 2.86 bits per heavy atom. The summed E-state index contributed by atoms with van der Waals surface area (Å²) in [6.45, 7) is 0.126. The monoisotopic (exact) mass is 402 g/mol. The van der Waals surface area contributed by atoms with Crippen molar-refractivity contribution in [3.8, 4) is 17.6 Å². The van der Waals surface area contributed by atoms with Crippen LogP contribution in [-0.2, 0) is 11.4 Å². The molecule has 28 heavy (non-hydrogen) atoms. The molecular weight excluding hydrogens is 380 g/mol. The van der Waals surface area contributed by atoms with E-state index in [0.717, 1.165) is 24.6 Å². The van der Waals surface area contributed by atoms with Gasteiger partial charge in [-0.1, -0.05) is 17.8 Å². The lowest BCUT2D eigenvalue weighted by Gasteiger charge is -2.21. The summed E-state index contributed by atoms with van der Waals surface area (Å²) in [5.41, 5.74) is -0.732. The largest absolute Gasteiger partial charge is 0.497 e. The molecule has 1 aliphatic rings. The zero-order valence-corrected chi connectivity index (χ0v) is 16.4. The molecule has 1 aliphatic carbocycles. The number of nitrogens with one attached hydrogen (secondary N) is 1. The fourth-order valence-corrected chi connectivity index (χ4v) is 3.69. The highest BCUT2D eigenvalue weighted by molar-refractivity contribution is 7.99. The number of ether oxygens (including phenoxy) is 2. The van der Waals surface area contributed by atoms with Crippen molar-refractivity contribution in [3.63, 3.8) is 0 Å². The lowest BCUT2D eigenvalue weighted by molar-refractivity contribution is -0.119. The van der Waals surface area contributed by atoms with Crippen molar-refractivity contribution < 1.29 is 14.3 Å². The Bertz CT molecular complexity index is 872. The number of hydrogen-bond donors (Lipinski definition) is 2. The molecule has 0 bridgehead atoms. The molecule has 148 valence electrons. The number of aromatic nitrogens is 3. The van der Waals surface area contributed by atoms with Gasteiger partial charge in [0.15, 0.2) is 5.82 Å².